The Morgan fingerprint density at radius 1 is 1.47 bits per heavy atom. The number of carbonyl (C=O) groups excluding carboxylic acids is 1. The number of hydrogen-bond donors (Lipinski definition) is 1. The summed E-state index contributed by atoms with van der Waals surface area (Å²) < 4.78 is 10.5. The van der Waals surface area contributed by atoms with Crippen LogP contribution in [0.1, 0.15) is 36.0 Å². The van der Waals surface area contributed by atoms with Crippen LogP contribution in [-0.4, -0.2) is 48.8 Å². The maximum absolute atomic E-state index is 11.8. The summed E-state index contributed by atoms with van der Waals surface area (Å²) in [5.74, 6) is 0.563. The number of hydrogen-bond acceptors (Lipinski definition) is 5. The van der Waals surface area contributed by atoms with Crippen molar-refractivity contribution in [2.24, 2.45) is 0 Å². The summed E-state index contributed by atoms with van der Waals surface area (Å²) in [5, 5.41) is 6.64. The van der Waals surface area contributed by atoms with Gasteiger partial charge < -0.3 is 14.6 Å². The molecular weight excluding hydrogens is 246 g/mol. The first-order valence-electron chi connectivity index (χ1n) is 6.83. The molecule has 19 heavy (non-hydrogen) atoms. The van der Waals surface area contributed by atoms with Crippen LogP contribution in [0.25, 0.3) is 0 Å². The normalized spacial score (nSPS) is 16.5. The van der Waals surface area contributed by atoms with E-state index >= 15 is 0 Å². The van der Waals surface area contributed by atoms with Crippen molar-refractivity contribution in [2.75, 3.05) is 32.8 Å². The molecule has 1 fully saturated rings. The fourth-order valence-corrected chi connectivity index (χ4v) is 1.94. The molecule has 1 aromatic rings. The van der Waals surface area contributed by atoms with Gasteiger partial charge in [-0.15, -0.1) is 0 Å². The summed E-state index contributed by atoms with van der Waals surface area (Å²) in [6, 6.07) is 1.72. The minimum absolute atomic E-state index is 0.162. The molecule has 1 N–H and O–H groups in total. The van der Waals surface area contributed by atoms with Gasteiger partial charge in [0.15, 0.2) is 11.5 Å². The second-order valence-corrected chi connectivity index (χ2v) is 4.68. The van der Waals surface area contributed by atoms with E-state index in [4.69, 9.17) is 9.26 Å². The number of morpholine rings is 1. The van der Waals surface area contributed by atoms with Crippen molar-refractivity contribution in [3.63, 3.8) is 0 Å². The van der Waals surface area contributed by atoms with Crippen molar-refractivity contribution in [2.45, 2.75) is 26.3 Å². The lowest BCUT2D eigenvalue weighted by Gasteiger charge is -2.25. The molecule has 6 heteroatoms. The molecule has 0 unspecified atom stereocenters. The zero-order chi connectivity index (χ0) is 13.5. The quantitative estimate of drug-likeness (QED) is 0.780. The van der Waals surface area contributed by atoms with Crippen LogP contribution in [0.3, 0.4) is 0 Å². The van der Waals surface area contributed by atoms with E-state index in [0.717, 1.165) is 44.9 Å². The maximum atomic E-state index is 11.8. The largest absolute Gasteiger partial charge is 0.379 e. The molecule has 1 amide bonds. The van der Waals surface area contributed by atoms with Crippen LogP contribution in [0.2, 0.25) is 0 Å². The van der Waals surface area contributed by atoms with E-state index in [-0.39, 0.29) is 5.91 Å². The molecule has 0 atom stereocenters. The number of unbranched alkanes of at least 4 members (excludes halogenated alkanes) is 1. The van der Waals surface area contributed by atoms with Gasteiger partial charge in [-0.1, -0.05) is 18.5 Å². The highest BCUT2D eigenvalue weighted by Crippen LogP contribution is 2.09. The fraction of sp³-hybridized carbons (Fsp3) is 0.692. The lowest BCUT2D eigenvalue weighted by molar-refractivity contribution is 0.0305. The number of nitrogens with zero attached hydrogens (tertiary/aromatic N) is 2. The average molecular weight is 267 g/mol. The van der Waals surface area contributed by atoms with E-state index in [0.29, 0.717) is 18.8 Å². The van der Waals surface area contributed by atoms with E-state index in [9.17, 15) is 4.79 Å². The van der Waals surface area contributed by atoms with E-state index in [1.54, 1.807) is 6.07 Å². The SMILES string of the molecule is CCCCNC(=O)c1cc(CN2CCOCC2)on1. The summed E-state index contributed by atoms with van der Waals surface area (Å²) in [7, 11) is 0. The van der Waals surface area contributed by atoms with Crippen molar-refractivity contribution in [3.05, 3.63) is 17.5 Å². The monoisotopic (exact) mass is 267 g/mol. The number of nitrogens with one attached hydrogen (secondary N) is 1. The highest BCUT2D eigenvalue weighted by molar-refractivity contribution is 5.92. The standard InChI is InChI=1S/C13H21N3O3/c1-2-3-4-14-13(17)12-9-11(19-15-12)10-16-5-7-18-8-6-16/h9H,2-8,10H2,1H3,(H,14,17). The van der Waals surface area contributed by atoms with Gasteiger partial charge in [-0.05, 0) is 6.42 Å². The third kappa shape index (κ3) is 4.33. The third-order valence-corrected chi connectivity index (χ3v) is 3.09. The topological polar surface area (TPSA) is 67.6 Å². The predicted octanol–water partition coefficient (Wildman–Crippen LogP) is 1.04. The highest BCUT2D eigenvalue weighted by atomic mass is 16.5. The Hall–Kier alpha value is -1.40. The van der Waals surface area contributed by atoms with E-state index in [1.807, 2.05) is 0 Å². The molecule has 0 radical (unpaired) electrons. The van der Waals surface area contributed by atoms with Crippen LogP contribution in [0.15, 0.2) is 10.6 Å². The third-order valence-electron chi connectivity index (χ3n) is 3.09. The summed E-state index contributed by atoms with van der Waals surface area (Å²) in [6.45, 7) is 6.72. The average Bonchev–Trinajstić information content (AvgIpc) is 2.89. The van der Waals surface area contributed by atoms with E-state index in [1.165, 1.54) is 0 Å². The van der Waals surface area contributed by atoms with Crippen molar-refractivity contribution in [3.8, 4) is 0 Å². The number of aromatic nitrogens is 1. The Kier molecular flexibility index (Phi) is 5.35. The first-order valence-corrected chi connectivity index (χ1v) is 6.83. The Morgan fingerprint density at radius 3 is 3.00 bits per heavy atom. The predicted molar refractivity (Wildman–Crippen MR) is 69.8 cm³/mol. The number of rotatable bonds is 6. The molecular formula is C13H21N3O3. The first kappa shape index (κ1) is 14.0. The molecule has 0 aromatic carbocycles. The summed E-state index contributed by atoms with van der Waals surface area (Å²) >= 11 is 0. The van der Waals surface area contributed by atoms with Gasteiger partial charge >= 0.3 is 0 Å². The highest BCUT2D eigenvalue weighted by Gasteiger charge is 2.16. The van der Waals surface area contributed by atoms with Gasteiger partial charge in [0.2, 0.25) is 0 Å². The van der Waals surface area contributed by atoms with Crippen LogP contribution in [0, 0.1) is 0 Å². The molecule has 1 aliphatic heterocycles. The summed E-state index contributed by atoms with van der Waals surface area (Å²) in [6.07, 6.45) is 2.03. The Morgan fingerprint density at radius 2 is 2.26 bits per heavy atom. The lowest BCUT2D eigenvalue weighted by Crippen LogP contribution is -2.35. The summed E-state index contributed by atoms with van der Waals surface area (Å²) in [5.41, 5.74) is 0.361. The zero-order valence-electron chi connectivity index (χ0n) is 11.4. The van der Waals surface area contributed by atoms with Gasteiger partial charge in [0.25, 0.3) is 5.91 Å². The summed E-state index contributed by atoms with van der Waals surface area (Å²) in [4.78, 5) is 14.0. The van der Waals surface area contributed by atoms with Crippen LogP contribution < -0.4 is 5.32 Å². The number of carbonyl (C=O) groups is 1. The molecule has 1 aliphatic rings. The number of ether oxygens (including phenoxy) is 1. The Bertz CT molecular complexity index is 400. The minimum Gasteiger partial charge on any atom is -0.379 e. The van der Waals surface area contributed by atoms with Crippen LogP contribution in [-0.2, 0) is 11.3 Å². The molecule has 0 spiro atoms. The fourth-order valence-electron chi connectivity index (χ4n) is 1.94. The molecule has 0 bridgehead atoms. The molecule has 1 aromatic heterocycles. The van der Waals surface area contributed by atoms with Crippen LogP contribution in [0.4, 0.5) is 0 Å². The molecule has 1 saturated heterocycles. The first-order chi connectivity index (χ1) is 9.29. The Labute approximate surface area is 113 Å². The van der Waals surface area contributed by atoms with Crippen molar-refractivity contribution in [1.29, 1.82) is 0 Å². The van der Waals surface area contributed by atoms with Gasteiger partial charge in [-0.2, -0.15) is 0 Å². The van der Waals surface area contributed by atoms with Gasteiger partial charge in [0, 0.05) is 25.7 Å². The molecule has 2 rings (SSSR count). The minimum atomic E-state index is -0.162. The van der Waals surface area contributed by atoms with Gasteiger partial charge in [-0.25, -0.2) is 0 Å². The molecule has 0 aliphatic carbocycles. The second kappa shape index (κ2) is 7.25. The van der Waals surface area contributed by atoms with Crippen molar-refractivity contribution >= 4 is 5.91 Å². The Balaban J connectivity index is 1.82. The zero-order valence-corrected chi connectivity index (χ0v) is 11.4. The van der Waals surface area contributed by atoms with Crippen molar-refractivity contribution in [1.82, 2.24) is 15.4 Å². The van der Waals surface area contributed by atoms with Crippen molar-refractivity contribution < 1.29 is 14.1 Å². The van der Waals surface area contributed by atoms with Crippen LogP contribution in [0.5, 0.6) is 0 Å². The molecule has 106 valence electrons. The van der Waals surface area contributed by atoms with Gasteiger partial charge in [0.1, 0.15) is 0 Å². The van der Waals surface area contributed by atoms with Gasteiger partial charge in [0.05, 0.1) is 19.8 Å². The second-order valence-electron chi connectivity index (χ2n) is 4.68. The maximum Gasteiger partial charge on any atom is 0.273 e. The molecule has 0 saturated carbocycles. The van der Waals surface area contributed by atoms with Crippen LogP contribution >= 0.6 is 0 Å². The van der Waals surface area contributed by atoms with Gasteiger partial charge in [-0.3, -0.25) is 9.69 Å². The number of amides is 1. The van der Waals surface area contributed by atoms with E-state index < -0.39 is 0 Å². The molecule has 2 heterocycles. The molecule has 6 nitrogen and oxygen atoms in total. The smallest absolute Gasteiger partial charge is 0.273 e. The van der Waals surface area contributed by atoms with E-state index in [2.05, 4.69) is 22.3 Å². The lowest BCUT2D eigenvalue weighted by atomic mass is 10.3.